The Kier molecular flexibility index (Phi) is 3.85. The summed E-state index contributed by atoms with van der Waals surface area (Å²) in [5, 5.41) is 19.1. The van der Waals surface area contributed by atoms with Gasteiger partial charge in [-0.2, -0.15) is 0 Å². The van der Waals surface area contributed by atoms with Crippen molar-refractivity contribution >= 4 is 10.9 Å². The zero-order valence-corrected chi connectivity index (χ0v) is 9.50. The van der Waals surface area contributed by atoms with Crippen molar-refractivity contribution in [3.05, 3.63) is 53.7 Å². The molecule has 2 aromatic rings. The van der Waals surface area contributed by atoms with Gasteiger partial charge in [-0.05, 0) is 23.6 Å². The summed E-state index contributed by atoms with van der Waals surface area (Å²) in [6.45, 7) is -0.0854. The molecule has 88 valence electrons. The van der Waals surface area contributed by atoms with Crippen LogP contribution in [-0.4, -0.2) is 28.4 Å². The number of aromatic nitrogens is 1. The Morgan fingerprint density at radius 1 is 1.18 bits per heavy atom. The molecule has 1 heterocycles. The van der Waals surface area contributed by atoms with Crippen LogP contribution in [-0.2, 0) is 6.42 Å². The van der Waals surface area contributed by atoms with Gasteiger partial charge in [0.1, 0.15) is 0 Å². The van der Waals surface area contributed by atoms with E-state index in [4.69, 9.17) is 5.11 Å². The second-order valence-electron chi connectivity index (χ2n) is 3.87. The Morgan fingerprint density at radius 3 is 2.76 bits per heavy atom. The number of rotatable bonds is 4. The standard InChI is InChI=1S/C14H15NO2/c16-8-6-11(10-17)9-13-4-1-3-12-5-2-7-15-14(12)13/h1-7,16-17H,8-10H2/b11-6-. The third-order valence-electron chi connectivity index (χ3n) is 2.72. The van der Waals surface area contributed by atoms with Gasteiger partial charge in [0, 0.05) is 11.6 Å². The molecule has 3 nitrogen and oxygen atoms in total. The number of aliphatic hydroxyl groups excluding tert-OH is 2. The van der Waals surface area contributed by atoms with Gasteiger partial charge in [0.25, 0.3) is 0 Å². The Balaban J connectivity index is 2.39. The van der Waals surface area contributed by atoms with Crippen molar-refractivity contribution in [3.63, 3.8) is 0 Å². The van der Waals surface area contributed by atoms with E-state index in [0.29, 0.717) is 6.42 Å². The second kappa shape index (κ2) is 5.57. The molecule has 0 saturated carbocycles. The minimum atomic E-state index is -0.0475. The quantitative estimate of drug-likeness (QED) is 0.784. The van der Waals surface area contributed by atoms with Gasteiger partial charge in [-0.25, -0.2) is 0 Å². The first-order valence-electron chi connectivity index (χ1n) is 5.57. The molecule has 1 aromatic heterocycles. The number of nitrogens with zero attached hydrogens (tertiary/aromatic N) is 1. The van der Waals surface area contributed by atoms with Gasteiger partial charge in [0.15, 0.2) is 0 Å². The third-order valence-corrected chi connectivity index (χ3v) is 2.72. The first kappa shape index (κ1) is 11.8. The molecule has 0 fully saturated rings. The zero-order chi connectivity index (χ0) is 12.1. The van der Waals surface area contributed by atoms with Crippen molar-refractivity contribution in [1.29, 1.82) is 0 Å². The van der Waals surface area contributed by atoms with E-state index in [-0.39, 0.29) is 13.2 Å². The lowest BCUT2D eigenvalue weighted by atomic mass is 10.0. The van der Waals surface area contributed by atoms with Crippen molar-refractivity contribution in [3.8, 4) is 0 Å². The van der Waals surface area contributed by atoms with E-state index in [0.717, 1.165) is 22.0 Å². The summed E-state index contributed by atoms with van der Waals surface area (Å²) in [7, 11) is 0. The highest BCUT2D eigenvalue weighted by Crippen LogP contribution is 2.18. The maximum Gasteiger partial charge on any atom is 0.0737 e. The average molecular weight is 229 g/mol. The van der Waals surface area contributed by atoms with Gasteiger partial charge < -0.3 is 10.2 Å². The van der Waals surface area contributed by atoms with Crippen LogP contribution in [0.4, 0.5) is 0 Å². The SMILES string of the molecule is OC/C=C(\CO)Cc1cccc2cccnc12. The molecule has 0 bridgehead atoms. The first-order valence-corrected chi connectivity index (χ1v) is 5.57. The van der Waals surface area contributed by atoms with Gasteiger partial charge in [-0.1, -0.05) is 30.3 Å². The topological polar surface area (TPSA) is 53.4 Å². The van der Waals surface area contributed by atoms with Crippen LogP contribution in [0.2, 0.25) is 0 Å². The highest BCUT2D eigenvalue weighted by atomic mass is 16.3. The number of para-hydroxylation sites is 1. The highest BCUT2D eigenvalue weighted by Gasteiger charge is 2.04. The van der Waals surface area contributed by atoms with Crippen molar-refractivity contribution in [2.24, 2.45) is 0 Å². The molecular formula is C14H15NO2. The van der Waals surface area contributed by atoms with Crippen molar-refractivity contribution < 1.29 is 10.2 Å². The fourth-order valence-electron chi connectivity index (χ4n) is 1.88. The lowest BCUT2D eigenvalue weighted by Crippen LogP contribution is -1.99. The summed E-state index contributed by atoms with van der Waals surface area (Å²) in [4.78, 5) is 4.36. The lowest BCUT2D eigenvalue weighted by molar-refractivity contribution is 0.317. The van der Waals surface area contributed by atoms with E-state index < -0.39 is 0 Å². The summed E-state index contributed by atoms with van der Waals surface area (Å²) in [5.41, 5.74) is 2.83. The Hall–Kier alpha value is -1.71. The summed E-state index contributed by atoms with van der Waals surface area (Å²) >= 11 is 0. The molecule has 0 aliphatic heterocycles. The Bertz CT molecular complexity index is 529. The molecule has 0 atom stereocenters. The second-order valence-corrected chi connectivity index (χ2v) is 3.87. The molecule has 0 aliphatic carbocycles. The van der Waals surface area contributed by atoms with Crippen LogP contribution in [0.25, 0.3) is 10.9 Å². The molecule has 0 amide bonds. The van der Waals surface area contributed by atoms with Gasteiger partial charge in [0.2, 0.25) is 0 Å². The number of hydrogen-bond acceptors (Lipinski definition) is 3. The van der Waals surface area contributed by atoms with E-state index in [9.17, 15) is 5.11 Å². The molecular weight excluding hydrogens is 214 g/mol. The monoisotopic (exact) mass is 229 g/mol. The summed E-state index contributed by atoms with van der Waals surface area (Å²) < 4.78 is 0. The van der Waals surface area contributed by atoms with Gasteiger partial charge in [0.05, 0.1) is 18.7 Å². The first-order chi connectivity index (χ1) is 8.35. The average Bonchev–Trinajstić information content (AvgIpc) is 2.38. The minimum Gasteiger partial charge on any atom is -0.392 e. The van der Waals surface area contributed by atoms with E-state index in [1.54, 1.807) is 12.3 Å². The van der Waals surface area contributed by atoms with Crippen LogP contribution in [0.5, 0.6) is 0 Å². The van der Waals surface area contributed by atoms with E-state index >= 15 is 0 Å². The summed E-state index contributed by atoms with van der Waals surface area (Å²) in [5.74, 6) is 0. The molecule has 3 heteroatoms. The highest BCUT2D eigenvalue weighted by molar-refractivity contribution is 5.81. The Labute approximate surface area is 100 Å². The molecule has 2 N–H and O–H groups in total. The number of aliphatic hydroxyl groups is 2. The number of fused-ring (bicyclic) bond motifs is 1. The zero-order valence-electron chi connectivity index (χ0n) is 9.50. The van der Waals surface area contributed by atoms with Crippen LogP contribution in [0.3, 0.4) is 0 Å². The van der Waals surface area contributed by atoms with Crippen LogP contribution >= 0.6 is 0 Å². The molecule has 0 unspecified atom stereocenters. The predicted octanol–water partition coefficient (Wildman–Crippen LogP) is 1.69. The molecule has 17 heavy (non-hydrogen) atoms. The van der Waals surface area contributed by atoms with Crippen LogP contribution in [0.1, 0.15) is 5.56 Å². The fourth-order valence-corrected chi connectivity index (χ4v) is 1.88. The summed E-state index contributed by atoms with van der Waals surface area (Å²) in [6, 6.07) is 9.91. The normalized spacial score (nSPS) is 12.0. The lowest BCUT2D eigenvalue weighted by Gasteiger charge is -2.07. The van der Waals surface area contributed by atoms with Crippen molar-refractivity contribution in [1.82, 2.24) is 4.98 Å². The van der Waals surface area contributed by atoms with Crippen LogP contribution < -0.4 is 0 Å². The smallest absolute Gasteiger partial charge is 0.0737 e. The molecule has 0 aliphatic rings. The maximum atomic E-state index is 9.19. The van der Waals surface area contributed by atoms with Gasteiger partial charge >= 0.3 is 0 Å². The third kappa shape index (κ3) is 2.70. The molecule has 0 radical (unpaired) electrons. The van der Waals surface area contributed by atoms with Crippen molar-refractivity contribution in [2.45, 2.75) is 6.42 Å². The van der Waals surface area contributed by atoms with Gasteiger partial charge in [-0.3, -0.25) is 4.98 Å². The largest absolute Gasteiger partial charge is 0.392 e. The number of benzene rings is 1. The molecule has 1 aromatic carbocycles. The molecule has 0 spiro atoms. The van der Waals surface area contributed by atoms with E-state index in [2.05, 4.69) is 4.98 Å². The minimum absolute atomic E-state index is 0.0379. The van der Waals surface area contributed by atoms with Crippen LogP contribution in [0.15, 0.2) is 48.2 Å². The molecule has 2 rings (SSSR count). The predicted molar refractivity (Wildman–Crippen MR) is 67.7 cm³/mol. The molecule has 0 saturated heterocycles. The van der Waals surface area contributed by atoms with E-state index in [1.807, 2.05) is 30.3 Å². The Morgan fingerprint density at radius 2 is 2.00 bits per heavy atom. The maximum absolute atomic E-state index is 9.19. The van der Waals surface area contributed by atoms with E-state index in [1.165, 1.54) is 0 Å². The number of pyridine rings is 1. The summed E-state index contributed by atoms with van der Waals surface area (Å²) in [6.07, 6.45) is 4.02. The fraction of sp³-hybridized carbons (Fsp3) is 0.214. The number of hydrogen-bond donors (Lipinski definition) is 2. The van der Waals surface area contributed by atoms with Gasteiger partial charge in [-0.15, -0.1) is 0 Å². The van der Waals surface area contributed by atoms with Crippen LogP contribution in [0, 0.1) is 0 Å². The van der Waals surface area contributed by atoms with Crippen molar-refractivity contribution in [2.75, 3.05) is 13.2 Å².